The molecule has 5 aromatic rings. The molecule has 396 valence electrons. The van der Waals surface area contributed by atoms with Crippen molar-refractivity contribution >= 4 is 47.1 Å². The van der Waals surface area contributed by atoms with Crippen molar-refractivity contribution in [2.45, 2.75) is 116 Å². The van der Waals surface area contributed by atoms with E-state index in [1.165, 1.54) is 35.1 Å². The van der Waals surface area contributed by atoms with Crippen molar-refractivity contribution in [1.82, 2.24) is 26.2 Å². The van der Waals surface area contributed by atoms with Gasteiger partial charge in [0, 0.05) is 43.1 Å². The van der Waals surface area contributed by atoms with Crippen LogP contribution >= 0.6 is 0 Å². The number of anilines is 1. The van der Waals surface area contributed by atoms with Crippen molar-refractivity contribution in [2.24, 2.45) is 0 Å². The number of unbranched alkanes of at least 4 members (excludes halogenated alkanes) is 3. The number of aryl methyl sites for hydroxylation is 1. The van der Waals surface area contributed by atoms with E-state index in [0.29, 0.717) is 44.3 Å². The first kappa shape index (κ1) is 58.2. The summed E-state index contributed by atoms with van der Waals surface area (Å²) in [6.07, 6.45) is 7.57. The first-order chi connectivity index (χ1) is 36.4. The number of ketones is 1. The molecule has 1 aliphatic carbocycles. The van der Waals surface area contributed by atoms with Gasteiger partial charge in [-0.1, -0.05) is 149 Å². The molecule has 0 unspecified atom stereocenters. The van der Waals surface area contributed by atoms with Crippen LogP contribution in [-0.2, 0) is 52.8 Å². The summed E-state index contributed by atoms with van der Waals surface area (Å²) in [7, 11) is 1.87. The maximum absolute atomic E-state index is 13.6. The Morgan fingerprint density at radius 1 is 0.587 bits per heavy atom. The van der Waals surface area contributed by atoms with Crippen molar-refractivity contribution in [1.29, 1.82) is 0 Å². The highest BCUT2D eigenvalue weighted by Gasteiger charge is 2.31. The molecule has 0 radical (unpaired) electrons. The second kappa shape index (κ2) is 31.1. The third-order valence-corrected chi connectivity index (χ3v) is 13.0. The monoisotopic (exact) mass is 1020 g/mol. The number of hydrogen-bond donors (Lipinski definition) is 5. The van der Waals surface area contributed by atoms with Gasteiger partial charge in [0.05, 0.1) is 6.04 Å². The van der Waals surface area contributed by atoms with E-state index in [-0.39, 0.29) is 54.8 Å². The summed E-state index contributed by atoms with van der Waals surface area (Å²) < 4.78 is 5.56. The lowest BCUT2D eigenvalue weighted by atomic mass is 9.98. The molecule has 0 aromatic heterocycles. The third kappa shape index (κ3) is 18.3. The van der Waals surface area contributed by atoms with E-state index in [1.807, 2.05) is 130 Å². The maximum Gasteiger partial charge on any atom is 0.407 e. The largest absolute Gasteiger partial charge is 0.449 e. The highest BCUT2D eigenvalue weighted by molar-refractivity contribution is 6.12. The van der Waals surface area contributed by atoms with E-state index in [1.54, 1.807) is 0 Å². The Kier molecular flexibility index (Phi) is 24.1. The van der Waals surface area contributed by atoms with Gasteiger partial charge in [-0.25, -0.2) is 4.79 Å². The molecule has 3 atom stereocenters. The summed E-state index contributed by atoms with van der Waals surface area (Å²) >= 11 is 0. The molecule has 75 heavy (non-hydrogen) atoms. The van der Waals surface area contributed by atoms with Crippen LogP contribution in [-0.4, -0.2) is 91.2 Å². The van der Waals surface area contributed by atoms with Crippen LogP contribution in [0.5, 0.6) is 0 Å². The Morgan fingerprint density at radius 3 is 1.71 bits per heavy atom. The Morgan fingerprint density at radius 2 is 1.15 bits per heavy atom. The first-order valence-electron chi connectivity index (χ1n) is 26.3. The molecule has 5 aromatic carbocycles. The minimum atomic E-state index is -0.868. The molecule has 0 spiro atoms. The lowest BCUT2D eigenvalue weighted by Crippen LogP contribution is -2.53. The van der Waals surface area contributed by atoms with Gasteiger partial charge in [-0.2, -0.15) is 0 Å². The third-order valence-electron chi connectivity index (χ3n) is 13.0. The zero-order chi connectivity index (χ0) is 54.0. The first-order valence-corrected chi connectivity index (χ1v) is 26.3. The number of imide groups is 1. The van der Waals surface area contributed by atoms with E-state index >= 15 is 0 Å². The van der Waals surface area contributed by atoms with E-state index in [0.717, 1.165) is 53.6 Å². The molecule has 6 amide bonds. The van der Waals surface area contributed by atoms with Crippen molar-refractivity contribution in [3.8, 4) is 11.1 Å². The Hall–Kier alpha value is -7.71. The second-order valence-corrected chi connectivity index (χ2v) is 18.3. The van der Waals surface area contributed by atoms with Crippen LogP contribution in [0, 0.1) is 0 Å². The van der Waals surface area contributed by atoms with Crippen LogP contribution < -0.4 is 26.6 Å². The van der Waals surface area contributed by atoms with Crippen LogP contribution in [0.2, 0.25) is 0 Å². The highest BCUT2D eigenvalue weighted by Crippen LogP contribution is 2.44. The number of Topliss-reactive ketones (excluding diaryl/α,β-unsaturated/α-hetero) is 1. The normalized spacial score (nSPS) is 13.4. The molecule has 0 bridgehead atoms. The molecule has 0 fully saturated rings. The number of ether oxygens (including phenoxy) is 1. The number of carbonyl (C=O) groups is 7. The molecular formula is C61H74N6O8. The van der Waals surface area contributed by atoms with Crippen molar-refractivity contribution < 1.29 is 38.3 Å². The fourth-order valence-corrected chi connectivity index (χ4v) is 8.88. The molecule has 0 saturated heterocycles. The lowest BCUT2D eigenvalue weighted by molar-refractivity contribution is -0.137. The highest BCUT2D eigenvalue weighted by atomic mass is 16.5. The van der Waals surface area contributed by atoms with Gasteiger partial charge in [-0.3, -0.25) is 33.7 Å². The van der Waals surface area contributed by atoms with Gasteiger partial charge in [0.25, 0.3) is 11.8 Å². The molecule has 5 N–H and O–H groups in total. The number of rotatable bonds is 25. The van der Waals surface area contributed by atoms with Crippen LogP contribution in [0.1, 0.15) is 106 Å². The quantitative estimate of drug-likeness (QED) is 0.0280. The molecule has 0 saturated carbocycles. The maximum atomic E-state index is 13.6. The Labute approximate surface area is 442 Å². The summed E-state index contributed by atoms with van der Waals surface area (Å²) in [5.41, 5.74) is 8.38. The predicted octanol–water partition coefficient (Wildman–Crippen LogP) is 9.03. The van der Waals surface area contributed by atoms with Crippen molar-refractivity contribution in [3.63, 3.8) is 0 Å². The Balaban J connectivity index is 0.000000289. The minimum absolute atomic E-state index is 0.00180. The summed E-state index contributed by atoms with van der Waals surface area (Å²) in [5, 5.41) is 14.5. The average Bonchev–Trinajstić information content (AvgIpc) is 3.93. The molecular weight excluding hydrogens is 945 g/mol. The molecule has 14 nitrogen and oxygen atoms in total. The number of alkyl carbamates (subject to hydrolysis) is 1. The zero-order valence-corrected chi connectivity index (χ0v) is 44.1. The summed E-state index contributed by atoms with van der Waals surface area (Å²) in [4.78, 5) is 88.9. The molecule has 1 heterocycles. The second-order valence-electron chi connectivity index (χ2n) is 18.3. The number of benzene rings is 5. The number of nitrogens with one attached hydrogen (secondary N) is 5. The van der Waals surface area contributed by atoms with Gasteiger partial charge in [0.2, 0.25) is 17.7 Å². The summed E-state index contributed by atoms with van der Waals surface area (Å²) in [6, 6.07) is 40.8. The Bertz CT molecular complexity index is 2610. The average molecular weight is 1020 g/mol. The van der Waals surface area contributed by atoms with Crippen LogP contribution in [0.3, 0.4) is 0 Å². The van der Waals surface area contributed by atoms with Gasteiger partial charge >= 0.3 is 6.09 Å². The SMILES string of the molecule is CC.CC(=O)[C@H](Cc1ccccc1)NC(=O)OCC1c2ccccc2-c2ccccc21.CCc1ccc(NC(=O)[C@H](CCCCNC)NC(=O)[C@H](Cc2ccccc2)NC(=O)CCCCCN2C(=O)C=CC2=O)cc1. The number of amides is 6. The van der Waals surface area contributed by atoms with Gasteiger partial charge in [0.15, 0.2) is 5.78 Å². The molecule has 14 heteroatoms. The molecule has 2 aliphatic rings. The number of nitrogens with zero attached hydrogens (tertiary/aromatic N) is 1. The van der Waals surface area contributed by atoms with Gasteiger partial charge in [0.1, 0.15) is 18.7 Å². The van der Waals surface area contributed by atoms with Crippen LogP contribution in [0.25, 0.3) is 11.1 Å². The van der Waals surface area contributed by atoms with E-state index in [9.17, 15) is 33.6 Å². The van der Waals surface area contributed by atoms with Crippen LogP contribution in [0.4, 0.5) is 10.5 Å². The zero-order valence-electron chi connectivity index (χ0n) is 44.1. The fraction of sp³-hybridized carbons (Fsp3) is 0.361. The van der Waals surface area contributed by atoms with Crippen LogP contribution in [0.15, 0.2) is 146 Å². The number of carbonyl (C=O) groups excluding carboxylic acids is 7. The van der Waals surface area contributed by atoms with Crippen molar-refractivity contribution in [3.05, 3.63) is 173 Å². The van der Waals surface area contributed by atoms with Gasteiger partial charge in [-0.15, -0.1) is 0 Å². The van der Waals surface area contributed by atoms with E-state index in [4.69, 9.17) is 4.74 Å². The van der Waals surface area contributed by atoms with E-state index < -0.39 is 30.1 Å². The summed E-state index contributed by atoms with van der Waals surface area (Å²) in [6.45, 7) is 8.89. The van der Waals surface area contributed by atoms with E-state index in [2.05, 4.69) is 57.8 Å². The number of fused-ring (bicyclic) bond motifs is 3. The van der Waals surface area contributed by atoms with Gasteiger partial charge < -0.3 is 31.3 Å². The lowest BCUT2D eigenvalue weighted by Gasteiger charge is -2.23. The minimum Gasteiger partial charge on any atom is -0.449 e. The topological polar surface area (TPSA) is 192 Å². The standard InChI is InChI=1S/C34H45N5O5.C25H23NO3.C2H6/c1-3-25-16-18-27(19-17-25)36-33(43)28(14-9-10-22-35-2)38-34(44)29(24-26-12-6-4-7-13-26)37-30(40)15-8-5-11-23-39-31(41)20-21-32(39)42;1-17(27)24(15-18-9-3-2-4-10-18)26-25(28)29-16-23-21-13-7-5-11-19(21)20-12-6-8-14-22(20)23;1-2/h4,6-7,12-13,16-21,28-29,35H,3,5,8-11,14-15,22-24H2,1-2H3,(H,36,43)(H,37,40)(H,38,44);2-14,23-24H,15-16H2,1H3,(H,26,28);1-2H3/t28-,29-;24-;/m00./s1. The smallest absolute Gasteiger partial charge is 0.407 e. The number of hydrogen-bond acceptors (Lipinski definition) is 9. The molecule has 1 aliphatic heterocycles. The fourth-order valence-electron chi connectivity index (χ4n) is 8.88. The molecule has 7 rings (SSSR count). The van der Waals surface area contributed by atoms with Crippen molar-refractivity contribution in [2.75, 3.05) is 32.1 Å². The summed E-state index contributed by atoms with van der Waals surface area (Å²) in [5.74, 6) is -1.72. The van der Waals surface area contributed by atoms with Gasteiger partial charge in [-0.05, 0) is 117 Å². The predicted molar refractivity (Wildman–Crippen MR) is 295 cm³/mol.